The fraction of sp³-hybridized carbons (Fsp3) is 0.833. The predicted molar refractivity (Wildman–Crippen MR) is 63.9 cm³/mol. The first kappa shape index (κ1) is 14.9. The highest BCUT2D eigenvalue weighted by Gasteiger charge is 2.66. The van der Waals surface area contributed by atoms with Crippen LogP contribution < -0.4 is 0 Å². The molecule has 1 aliphatic carbocycles. The number of methoxy groups -OCH3 is 1. The third-order valence-electron chi connectivity index (χ3n) is 3.58. The minimum Gasteiger partial charge on any atom is -0.481 e. The molecule has 0 spiro atoms. The molecule has 1 rings (SSSR count). The van der Waals surface area contributed by atoms with Crippen LogP contribution in [-0.2, 0) is 14.3 Å². The number of carbonyl (C=O) groups is 2. The monoisotopic (exact) mass is 259 g/mol. The van der Waals surface area contributed by atoms with Crippen molar-refractivity contribution >= 4 is 11.9 Å². The summed E-state index contributed by atoms with van der Waals surface area (Å²) in [7, 11) is 3.03. The highest BCUT2D eigenvalue weighted by Crippen LogP contribution is 2.58. The minimum absolute atomic E-state index is 0.144. The molecular formula is C12H21NO5. The summed E-state index contributed by atoms with van der Waals surface area (Å²) in [6, 6.07) is 0. The van der Waals surface area contributed by atoms with Crippen LogP contribution in [0.2, 0.25) is 0 Å². The molecule has 0 radical (unpaired) electrons. The van der Waals surface area contributed by atoms with Gasteiger partial charge >= 0.3 is 5.97 Å². The number of hydrogen-bond acceptors (Lipinski definition) is 4. The predicted octanol–water partition coefficient (Wildman–Crippen LogP) is -0.191. The van der Waals surface area contributed by atoms with Crippen molar-refractivity contribution in [3.05, 3.63) is 0 Å². The quantitative estimate of drug-likeness (QED) is 0.690. The Hall–Kier alpha value is -1.14. The Kier molecular flexibility index (Phi) is 4.34. The number of ether oxygens (including phenoxy) is 1. The maximum absolute atomic E-state index is 12.1. The average molecular weight is 259 g/mol. The maximum atomic E-state index is 12.1. The minimum atomic E-state index is -0.941. The first-order chi connectivity index (χ1) is 8.23. The van der Waals surface area contributed by atoms with E-state index in [0.717, 1.165) is 0 Å². The Morgan fingerprint density at radius 2 is 1.94 bits per heavy atom. The number of rotatable bonds is 6. The van der Waals surface area contributed by atoms with Crippen LogP contribution in [0, 0.1) is 17.3 Å². The molecule has 2 N–H and O–H groups in total. The number of carboxylic acid groups (broad SMARTS) is 1. The molecule has 1 aliphatic rings. The van der Waals surface area contributed by atoms with Crippen LogP contribution in [0.15, 0.2) is 0 Å². The van der Waals surface area contributed by atoms with Gasteiger partial charge in [0, 0.05) is 20.7 Å². The molecule has 6 nitrogen and oxygen atoms in total. The van der Waals surface area contributed by atoms with E-state index in [1.54, 1.807) is 20.9 Å². The number of likely N-dealkylation sites (N-methyl/N-ethyl adjacent to an activating group) is 1. The molecule has 6 heteroatoms. The van der Waals surface area contributed by atoms with Crippen molar-refractivity contribution in [2.75, 3.05) is 27.3 Å². The second-order valence-electron chi connectivity index (χ2n) is 5.44. The molecular weight excluding hydrogens is 238 g/mol. The van der Waals surface area contributed by atoms with Crippen LogP contribution in [0.25, 0.3) is 0 Å². The highest BCUT2D eigenvalue weighted by molar-refractivity contribution is 5.91. The number of nitrogens with zero attached hydrogens (tertiary/aromatic N) is 1. The van der Waals surface area contributed by atoms with Gasteiger partial charge in [0.25, 0.3) is 0 Å². The molecule has 0 bridgehead atoms. The van der Waals surface area contributed by atoms with E-state index in [-0.39, 0.29) is 19.1 Å². The van der Waals surface area contributed by atoms with Gasteiger partial charge in [-0.2, -0.15) is 0 Å². The largest absolute Gasteiger partial charge is 0.481 e. The van der Waals surface area contributed by atoms with Gasteiger partial charge in [-0.1, -0.05) is 13.8 Å². The van der Waals surface area contributed by atoms with Crippen molar-refractivity contribution in [3.8, 4) is 0 Å². The summed E-state index contributed by atoms with van der Waals surface area (Å²) in [6.07, 6.45) is -0.755. The molecule has 3 unspecified atom stereocenters. The average Bonchev–Trinajstić information content (AvgIpc) is 2.80. The van der Waals surface area contributed by atoms with Crippen LogP contribution in [0.3, 0.4) is 0 Å². The van der Waals surface area contributed by atoms with Crippen molar-refractivity contribution < 1.29 is 24.5 Å². The zero-order valence-corrected chi connectivity index (χ0v) is 11.2. The molecule has 1 fully saturated rings. The Morgan fingerprint density at radius 1 is 1.39 bits per heavy atom. The first-order valence-electron chi connectivity index (χ1n) is 5.88. The van der Waals surface area contributed by atoms with Gasteiger partial charge < -0.3 is 19.8 Å². The molecule has 3 atom stereocenters. The third-order valence-corrected chi connectivity index (χ3v) is 3.58. The molecule has 104 valence electrons. The van der Waals surface area contributed by atoms with E-state index in [9.17, 15) is 14.7 Å². The lowest BCUT2D eigenvalue weighted by molar-refractivity contribution is -0.142. The van der Waals surface area contributed by atoms with Crippen LogP contribution in [0.4, 0.5) is 0 Å². The number of amides is 1. The highest BCUT2D eigenvalue weighted by atomic mass is 16.5. The van der Waals surface area contributed by atoms with Gasteiger partial charge in [0.1, 0.15) is 0 Å². The molecule has 1 saturated carbocycles. The van der Waals surface area contributed by atoms with Crippen LogP contribution >= 0.6 is 0 Å². The summed E-state index contributed by atoms with van der Waals surface area (Å²) < 4.78 is 4.78. The number of aliphatic hydroxyl groups is 1. The Bertz CT molecular complexity index is 341. The van der Waals surface area contributed by atoms with E-state index in [4.69, 9.17) is 9.84 Å². The van der Waals surface area contributed by atoms with Gasteiger partial charge in [0.05, 0.1) is 24.5 Å². The molecule has 0 saturated heterocycles. The van der Waals surface area contributed by atoms with Gasteiger partial charge in [0.2, 0.25) is 5.91 Å². The molecule has 0 aliphatic heterocycles. The lowest BCUT2D eigenvalue weighted by atomic mass is 10.1. The SMILES string of the molecule is COCC(O)CN(C)C(=O)C1C(C(=O)O)C1(C)C. The van der Waals surface area contributed by atoms with E-state index in [2.05, 4.69) is 0 Å². The molecule has 1 amide bonds. The molecule has 0 aromatic carbocycles. The number of hydrogen-bond donors (Lipinski definition) is 2. The second-order valence-corrected chi connectivity index (χ2v) is 5.44. The number of carboxylic acids is 1. The number of carbonyl (C=O) groups excluding carboxylic acids is 1. The number of aliphatic carboxylic acids is 1. The first-order valence-corrected chi connectivity index (χ1v) is 5.88. The third kappa shape index (κ3) is 2.81. The smallest absolute Gasteiger partial charge is 0.307 e. The van der Waals surface area contributed by atoms with Crippen molar-refractivity contribution in [3.63, 3.8) is 0 Å². The zero-order valence-electron chi connectivity index (χ0n) is 11.2. The summed E-state index contributed by atoms with van der Waals surface area (Å²) in [6.45, 7) is 3.83. The van der Waals surface area contributed by atoms with E-state index in [1.807, 2.05) is 0 Å². The van der Waals surface area contributed by atoms with Crippen molar-refractivity contribution in [2.45, 2.75) is 20.0 Å². The summed E-state index contributed by atoms with van der Waals surface area (Å²) >= 11 is 0. The Morgan fingerprint density at radius 3 is 2.33 bits per heavy atom. The molecule has 0 aromatic heterocycles. The summed E-state index contributed by atoms with van der Waals surface area (Å²) in [5.41, 5.74) is -0.511. The lowest BCUT2D eigenvalue weighted by Crippen LogP contribution is -2.38. The van der Waals surface area contributed by atoms with Gasteiger partial charge in [0.15, 0.2) is 0 Å². The fourth-order valence-corrected chi connectivity index (χ4v) is 2.45. The van der Waals surface area contributed by atoms with E-state index < -0.39 is 29.3 Å². The Labute approximate surface area is 107 Å². The van der Waals surface area contributed by atoms with Crippen LogP contribution in [0.5, 0.6) is 0 Å². The summed E-state index contributed by atoms with van der Waals surface area (Å²) in [5, 5.41) is 18.6. The number of aliphatic hydroxyl groups excluding tert-OH is 1. The lowest BCUT2D eigenvalue weighted by Gasteiger charge is -2.21. The molecule has 18 heavy (non-hydrogen) atoms. The topological polar surface area (TPSA) is 87.1 Å². The van der Waals surface area contributed by atoms with Gasteiger partial charge in [-0.25, -0.2) is 0 Å². The second kappa shape index (κ2) is 5.24. The normalized spacial score (nSPS) is 26.5. The summed E-state index contributed by atoms with van der Waals surface area (Å²) in [4.78, 5) is 24.5. The van der Waals surface area contributed by atoms with E-state index >= 15 is 0 Å². The van der Waals surface area contributed by atoms with Crippen molar-refractivity contribution in [1.82, 2.24) is 4.90 Å². The molecule has 0 aromatic rings. The van der Waals surface area contributed by atoms with Crippen molar-refractivity contribution in [1.29, 1.82) is 0 Å². The summed E-state index contributed by atoms with van der Waals surface area (Å²) in [5.74, 6) is -2.31. The van der Waals surface area contributed by atoms with Crippen molar-refractivity contribution in [2.24, 2.45) is 17.3 Å². The van der Waals surface area contributed by atoms with Crippen LogP contribution in [0.1, 0.15) is 13.8 Å². The zero-order chi connectivity index (χ0) is 14.1. The Balaban J connectivity index is 2.58. The fourth-order valence-electron chi connectivity index (χ4n) is 2.45. The standard InChI is InChI=1S/C12H21NO5/c1-12(2)8(9(12)11(16)17)10(15)13(3)5-7(14)6-18-4/h7-9,14H,5-6H2,1-4H3,(H,16,17). The van der Waals surface area contributed by atoms with Gasteiger partial charge in [-0.3, -0.25) is 9.59 Å². The van der Waals surface area contributed by atoms with E-state index in [0.29, 0.717) is 0 Å². The molecule has 0 heterocycles. The maximum Gasteiger partial charge on any atom is 0.307 e. The van der Waals surface area contributed by atoms with Gasteiger partial charge in [-0.15, -0.1) is 0 Å². The van der Waals surface area contributed by atoms with Gasteiger partial charge in [-0.05, 0) is 5.41 Å². The van der Waals surface area contributed by atoms with E-state index in [1.165, 1.54) is 12.0 Å². The van der Waals surface area contributed by atoms with Crippen LogP contribution in [-0.4, -0.2) is 60.4 Å².